The molecule has 198 valence electrons. The Morgan fingerprint density at radius 3 is 2.51 bits per heavy atom. The van der Waals surface area contributed by atoms with E-state index in [1.165, 1.54) is 16.3 Å². The lowest BCUT2D eigenvalue weighted by atomic mass is 9.94. The lowest BCUT2D eigenvalue weighted by molar-refractivity contribution is -0.181. The number of hydrazine groups is 1. The second-order valence-corrected chi connectivity index (χ2v) is 10.8. The van der Waals surface area contributed by atoms with Crippen molar-refractivity contribution in [1.29, 1.82) is 0 Å². The van der Waals surface area contributed by atoms with E-state index in [2.05, 4.69) is 42.2 Å². The summed E-state index contributed by atoms with van der Waals surface area (Å²) < 4.78 is 5.93. The summed E-state index contributed by atoms with van der Waals surface area (Å²) in [5, 5.41) is 22.3. The molecular weight excluding hydrogens is 468 g/mol. The van der Waals surface area contributed by atoms with E-state index in [0.717, 1.165) is 29.7 Å². The summed E-state index contributed by atoms with van der Waals surface area (Å²) in [5.74, 6) is 6.35. The number of ether oxygens (including phenoxy) is 1. The number of aliphatic hydroxyl groups excluding tert-OH is 2. The second kappa shape index (κ2) is 10.5. The van der Waals surface area contributed by atoms with Crippen LogP contribution in [-0.4, -0.2) is 82.2 Å². The maximum atomic E-state index is 13.6. The number of piperazine rings is 1. The van der Waals surface area contributed by atoms with Gasteiger partial charge in [0.15, 0.2) is 0 Å². The van der Waals surface area contributed by atoms with Gasteiger partial charge in [0.05, 0.1) is 18.7 Å². The number of anilines is 1. The van der Waals surface area contributed by atoms with Crippen LogP contribution >= 0.6 is 0 Å². The highest BCUT2D eigenvalue weighted by Gasteiger charge is 2.49. The fraction of sp³-hybridized carbons (Fsp3) is 0.483. The Morgan fingerprint density at radius 2 is 1.86 bits per heavy atom. The quantitative estimate of drug-likeness (QED) is 0.408. The normalized spacial score (nSPS) is 29.6. The highest BCUT2D eigenvalue weighted by atomic mass is 16.5. The van der Waals surface area contributed by atoms with E-state index in [1.807, 2.05) is 36.9 Å². The number of fused-ring (bicyclic) bond motifs is 2. The van der Waals surface area contributed by atoms with Gasteiger partial charge in [0.1, 0.15) is 18.3 Å². The first-order chi connectivity index (χ1) is 17.7. The van der Waals surface area contributed by atoms with Crippen LogP contribution < -0.4 is 10.7 Å². The number of carbonyl (C=O) groups is 1. The Labute approximate surface area is 218 Å². The number of hydrogen-bond acceptors (Lipinski definition) is 7. The van der Waals surface area contributed by atoms with Gasteiger partial charge in [0, 0.05) is 37.4 Å². The van der Waals surface area contributed by atoms with E-state index in [4.69, 9.17) is 10.6 Å². The van der Waals surface area contributed by atoms with Gasteiger partial charge in [0.25, 0.3) is 5.91 Å². The highest BCUT2D eigenvalue weighted by molar-refractivity contribution is 5.82. The van der Waals surface area contributed by atoms with Gasteiger partial charge in [-0.05, 0) is 50.5 Å². The summed E-state index contributed by atoms with van der Waals surface area (Å²) in [5.41, 5.74) is 5.55. The molecule has 4 N–H and O–H groups in total. The van der Waals surface area contributed by atoms with E-state index in [0.29, 0.717) is 6.54 Å². The number of nitrogens with zero attached hydrogens (tertiary/aromatic N) is 3. The van der Waals surface area contributed by atoms with Crippen LogP contribution in [0, 0.1) is 13.8 Å². The summed E-state index contributed by atoms with van der Waals surface area (Å²) in [6, 6.07) is 16.5. The Kier molecular flexibility index (Phi) is 7.27. The summed E-state index contributed by atoms with van der Waals surface area (Å²) in [6.45, 7) is 7.13. The molecule has 1 amide bonds. The van der Waals surface area contributed by atoms with E-state index >= 15 is 0 Å². The van der Waals surface area contributed by atoms with Gasteiger partial charge in [0.2, 0.25) is 0 Å². The molecule has 8 nitrogen and oxygen atoms in total. The van der Waals surface area contributed by atoms with Crippen LogP contribution in [0.1, 0.15) is 36.5 Å². The van der Waals surface area contributed by atoms with Gasteiger partial charge >= 0.3 is 0 Å². The Hall–Kier alpha value is -2.91. The van der Waals surface area contributed by atoms with Crippen LogP contribution in [-0.2, 0) is 9.53 Å². The van der Waals surface area contributed by atoms with Crippen molar-refractivity contribution in [3.8, 4) is 0 Å². The van der Waals surface area contributed by atoms with E-state index in [9.17, 15) is 15.0 Å². The predicted octanol–water partition coefficient (Wildman–Crippen LogP) is 2.21. The number of aryl methyl sites for hydroxylation is 2. The Bertz CT molecular complexity index is 1150. The van der Waals surface area contributed by atoms with Crippen molar-refractivity contribution < 1.29 is 19.7 Å². The molecular formula is C29H38N4O4. The van der Waals surface area contributed by atoms with Gasteiger partial charge in [-0.25, -0.2) is 5.84 Å². The maximum Gasteiger partial charge on any atom is 0.252 e. The first-order valence-corrected chi connectivity index (χ1v) is 13.1. The van der Waals surface area contributed by atoms with Gasteiger partial charge in [-0.2, -0.15) is 0 Å². The van der Waals surface area contributed by atoms with E-state index in [1.54, 1.807) is 6.20 Å². The van der Waals surface area contributed by atoms with Crippen LogP contribution in [0.2, 0.25) is 0 Å². The minimum atomic E-state index is -1.02. The minimum Gasteiger partial charge on any atom is -0.394 e. The van der Waals surface area contributed by atoms with E-state index in [-0.39, 0.29) is 31.0 Å². The van der Waals surface area contributed by atoms with Crippen molar-refractivity contribution in [1.82, 2.24) is 9.91 Å². The molecule has 6 atom stereocenters. The van der Waals surface area contributed by atoms with Crippen LogP contribution in [0.15, 0.2) is 54.7 Å². The van der Waals surface area contributed by atoms with Crippen molar-refractivity contribution in [2.75, 3.05) is 24.6 Å². The first kappa shape index (κ1) is 25.7. The molecule has 3 aliphatic rings. The summed E-state index contributed by atoms with van der Waals surface area (Å²) in [7, 11) is 0. The number of nitrogens with two attached hydrogens (primary N) is 1. The number of rotatable bonds is 6. The topological polar surface area (TPSA) is 103 Å². The summed E-state index contributed by atoms with van der Waals surface area (Å²) >= 11 is 0. The molecule has 0 aromatic heterocycles. The molecule has 3 heterocycles. The average Bonchev–Trinajstić information content (AvgIpc) is 3.50. The molecule has 8 heteroatoms. The lowest BCUT2D eigenvalue weighted by Crippen LogP contribution is -2.61. The summed E-state index contributed by atoms with van der Waals surface area (Å²) in [6.07, 6.45) is 0.310. The molecule has 0 radical (unpaired) electrons. The Morgan fingerprint density at radius 1 is 1.11 bits per heavy atom. The standard InChI is InChI=1S/C29H38N4O4/c1-18-7-9-22(10-8-18)31-15-24-12-23(31)16-32(24)29(36)26-13-25(28(35)27(17-34)37-26)33(30)14-20(3)21-6-4-5-19(2)11-21/h4-11,14,23-28,34-35H,12-13,15-17,30H2,1-3H3/b20-14+/t23-,24-,25?,26?,27?,28?/m0/s1. The van der Waals surface area contributed by atoms with Gasteiger partial charge in [-0.3, -0.25) is 4.79 Å². The highest BCUT2D eigenvalue weighted by Crippen LogP contribution is 2.36. The van der Waals surface area contributed by atoms with Crippen LogP contribution in [0.25, 0.3) is 5.57 Å². The fourth-order valence-electron chi connectivity index (χ4n) is 6.02. The largest absolute Gasteiger partial charge is 0.394 e. The van der Waals surface area contributed by atoms with Crippen molar-refractivity contribution in [3.63, 3.8) is 0 Å². The maximum absolute atomic E-state index is 13.6. The molecule has 0 saturated carbocycles. The number of hydrogen-bond donors (Lipinski definition) is 3. The van der Waals surface area contributed by atoms with Crippen molar-refractivity contribution in [3.05, 3.63) is 71.4 Å². The van der Waals surface area contributed by atoms with Crippen molar-refractivity contribution >= 4 is 17.2 Å². The zero-order chi connectivity index (χ0) is 26.3. The molecule has 2 aromatic carbocycles. The molecule has 3 fully saturated rings. The molecule has 3 saturated heterocycles. The minimum absolute atomic E-state index is 0.0841. The SMILES string of the molecule is C/C(=C\N(N)C1CC(C(=O)N2C[C@@H]3C[C@H]2CN3c2ccc(C)cc2)OC(CO)C1O)c1cccc(C)c1. The number of benzene rings is 2. The lowest BCUT2D eigenvalue weighted by Gasteiger charge is -2.44. The third kappa shape index (κ3) is 5.11. The van der Waals surface area contributed by atoms with Gasteiger partial charge < -0.3 is 29.8 Å². The second-order valence-electron chi connectivity index (χ2n) is 10.8. The van der Waals surface area contributed by atoms with Crippen molar-refractivity contribution in [2.24, 2.45) is 5.84 Å². The monoisotopic (exact) mass is 506 g/mol. The summed E-state index contributed by atoms with van der Waals surface area (Å²) in [4.78, 5) is 18.0. The fourth-order valence-corrected chi connectivity index (χ4v) is 6.02. The number of amides is 1. The smallest absolute Gasteiger partial charge is 0.252 e. The van der Waals surface area contributed by atoms with Gasteiger partial charge in [-0.15, -0.1) is 0 Å². The van der Waals surface area contributed by atoms with E-state index < -0.39 is 24.4 Å². The molecule has 2 aromatic rings. The zero-order valence-electron chi connectivity index (χ0n) is 21.8. The zero-order valence-corrected chi connectivity index (χ0v) is 21.8. The number of carbonyl (C=O) groups excluding carboxylic acids is 1. The molecule has 5 rings (SSSR count). The van der Waals surface area contributed by atoms with Gasteiger partial charge in [-0.1, -0.05) is 47.5 Å². The number of likely N-dealkylation sites (tertiary alicyclic amines) is 1. The molecule has 2 bridgehead atoms. The average molecular weight is 507 g/mol. The van der Waals surface area contributed by atoms with Crippen LogP contribution in [0.3, 0.4) is 0 Å². The van der Waals surface area contributed by atoms with Crippen LogP contribution in [0.4, 0.5) is 5.69 Å². The molecule has 3 aliphatic heterocycles. The number of aliphatic hydroxyl groups is 2. The number of allylic oxidation sites excluding steroid dienone is 1. The van der Waals surface area contributed by atoms with Crippen LogP contribution in [0.5, 0.6) is 0 Å². The predicted molar refractivity (Wildman–Crippen MR) is 143 cm³/mol. The third-order valence-corrected chi connectivity index (χ3v) is 8.11. The van der Waals surface area contributed by atoms with Crippen molar-refractivity contribution in [2.45, 2.75) is 70.1 Å². The molecule has 37 heavy (non-hydrogen) atoms. The third-order valence-electron chi connectivity index (χ3n) is 8.11. The first-order valence-electron chi connectivity index (χ1n) is 13.1. The molecule has 0 aliphatic carbocycles. The molecule has 0 spiro atoms. The molecule has 4 unspecified atom stereocenters. The Balaban J connectivity index is 1.28.